The molecule has 0 spiro atoms. The van der Waals surface area contributed by atoms with Crippen molar-refractivity contribution >= 4 is 71.8 Å². The molecule has 5 nitrogen and oxygen atoms in total. The Kier molecular flexibility index (Phi) is 9.04. The van der Waals surface area contributed by atoms with Crippen LogP contribution >= 0.6 is 24.0 Å². The first-order valence-electron chi connectivity index (χ1n) is 16.8. The van der Waals surface area contributed by atoms with E-state index in [-0.39, 0.29) is 0 Å². The number of pyridine rings is 1. The number of aromatic nitrogens is 5. The highest BCUT2D eigenvalue weighted by Gasteiger charge is 2.19. The van der Waals surface area contributed by atoms with Gasteiger partial charge in [0.2, 0.25) is 0 Å². The average Bonchev–Trinajstić information content (AvgIpc) is 3.74. The van der Waals surface area contributed by atoms with Gasteiger partial charge in [-0.2, -0.15) is 12.6 Å². The number of fused-ring (bicyclic) bond motifs is 6. The molecule has 0 bridgehead atoms. The number of para-hydroxylation sites is 1. The van der Waals surface area contributed by atoms with Crippen LogP contribution in [0, 0.1) is 0 Å². The first-order valence-corrected chi connectivity index (χ1v) is 18.5. The SMILES string of the molecule is C=C/C=C(\C=C)c1nc(-c2ccccc2)nc(-c2cc(-c3ccccc3)cc(-n3c4ccccc4c4cc5c(nc43)sc3ccccc35)c2)n1.CS. The van der Waals surface area contributed by atoms with Crippen LogP contribution in [0.1, 0.15) is 5.82 Å². The van der Waals surface area contributed by atoms with Crippen molar-refractivity contribution in [1.29, 1.82) is 0 Å². The Morgan fingerprint density at radius 1 is 0.596 bits per heavy atom. The van der Waals surface area contributed by atoms with Gasteiger partial charge in [0.25, 0.3) is 0 Å². The van der Waals surface area contributed by atoms with Crippen LogP contribution in [0.2, 0.25) is 0 Å². The zero-order chi connectivity index (χ0) is 35.6. The minimum Gasteiger partial charge on any atom is -0.294 e. The summed E-state index contributed by atoms with van der Waals surface area (Å²) in [5.74, 6) is 1.67. The van der Waals surface area contributed by atoms with E-state index in [1.165, 1.54) is 15.5 Å². The summed E-state index contributed by atoms with van der Waals surface area (Å²) in [4.78, 5) is 21.4. The molecule has 9 aromatic rings. The molecule has 52 heavy (non-hydrogen) atoms. The van der Waals surface area contributed by atoms with E-state index >= 15 is 0 Å². The Morgan fingerprint density at radius 3 is 1.96 bits per heavy atom. The lowest BCUT2D eigenvalue weighted by atomic mass is 10.0. The van der Waals surface area contributed by atoms with Crippen molar-refractivity contribution in [2.24, 2.45) is 0 Å². The third-order valence-corrected chi connectivity index (χ3v) is 10.1. The average molecular weight is 708 g/mol. The van der Waals surface area contributed by atoms with Crippen molar-refractivity contribution in [2.45, 2.75) is 0 Å². The summed E-state index contributed by atoms with van der Waals surface area (Å²) in [5, 5.41) is 4.67. The molecule has 0 atom stereocenters. The van der Waals surface area contributed by atoms with E-state index in [4.69, 9.17) is 19.9 Å². The fourth-order valence-corrected chi connectivity index (χ4v) is 7.71. The third kappa shape index (κ3) is 5.90. The normalized spacial score (nSPS) is 11.5. The summed E-state index contributed by atoms with van der Waals surface area (Å²) in [6.07, 6.45) is 7.03. The molecule has 4 aromatic heterocycles. The summed E-state index contributed by atoms with van der Waals surface area (Å²) in [6, 6.07) is 46.3. The Labute approximate surface area is 311 Å². The number of allylic oxidation sites excluding steroid dienone is 4. The smallest absolute Gasteiger partial charge is 0.164 e. The van der Waals surface area contributed by atoms with Crippen LogP contribution in [0.3, 0.4) is 0 Å². The molecule has 0 aliphatic carbocycles. The maximum Gasteiger partial charge on any atom is 0.164 e. The summed E-state index contributed by atoms with van der Waals surface area (Å²) >= 11 is 5.26. The van der Waals surface area contributed by atoms with E-state index in [0.29, 0.717) is 17.5 Å². The van der Waals surface area contributed by atoms with E-state index in [2.05, 4.69) is 127 Å². The van der Waals surface area contributed by atoms with Crippen molar-refractivity contribution in [3.63, 3.8) is 0 Å². The molecule has 7 heteroatoms. The van der Waals surface area contributed by atoms with E-state index in [0.717, 1.165) is 60.3 Å². The third-order valence-electron chi connectivity index (χ3n) is 8.98. The van der Waals surface area contributed by atoms with E-state index in [9.17, 15) is 0 Å². The highest BCUT2D eigenvalue weighted by atomic mass is 32.1. The molecule has 0 radical (unpaired) electrons. The molecule has 0 aliphatic rings. The molecule has 0 fully saturated rings. The molecule has 0 unspecified atom stereocenters. The second kappa shape index (κ2) is 14.2. The van der Waals surface area contributed by atoms with Crippen molar-refractivity contribution in [3.8, 4) is 39.6 Å². The topological polar surface area (TPSA) is 56.5 Å². The summed E-state index contributed by atoms with van der Waals surface area (Å²) < 4.78 is 3.51. The number of hydrogen-bond acceptors (Lipinski definition) is 6. The minimum atomic E-state index is 0.529. The summed E-state index contributed by atoms with van der Waals surface area (Å²) in [5.41, 5.74) is 7.61. The van der Waals surface area contributed by atoms with Crippen LogP contribution < -0.4 is 0 Å². The van der Waals surface area contributed by atoms with Gasteiger partial charge in [-0.1, -0.05) is 128 Å². The van der Waals surface area contributed by atoms with Gasteiger partial charge in [-0.05, 0) is 53.8 Å². The monoisotopic (exact) mass is 707 g/mol. The molecule has 0 N–H and O–H groups in total. The van der Waals surface area contributed by atoms with Gasteiger partial charge in [0.05, 0.1) is 5.52 Å². The van der Waals surface area contributed by atoms with E-state index in [1.807, 2.05) is 42.5 Å². The second-order valence-corrected chi connectivity index (χ2v) is 13.1. The summed E-state index contributed by atoms with van der Waals surface area (Å²) in [6.45, 7) is 7.93. The lowest BCUT2D eigenvalue weighted by molar-refractivity contribution is 1.04. The molecule has 0 amide bonds. The van der Waals surface area contributed by atoms with Crippen molar-refractivity contribution < 1.29 is 0 Å². The van der Waals surface area contributed by atoms with Crippen LogP contribution in [0.4, 0.5) is 0 Å². The van der Waals surface area contributed by atoms with Crippen LogP contribution in [-0.4, -0.2) is 30.8 Å². The maximum atomic E-state index is 5.37. The van der Waals surface area contributed by atoms with Gasteiger partial charge in [0.15, 0.2) is 17.5 Å². The maximum absolute atomic E-state index is 5.37. The van der Waals surface area contributed by atoms with Crippen LogP contribution in [-0.2, 0) is 0 Å². The van der Waals surface area contributed by atoms with Gasteiger partial charge in [0, 0.05) is 48.6 Å². The molecule has 0 aliphatic heterocycles. The lowest BCUT2D eigenvalue weighted by Crippen LogP contribution is -2.03. The molecule has 9 rings (SSSR count). The highest BCUT2D eigenvalue weighted by molar-refractivity contribution is 7.79. The van der Waals surface area contributed by atoms with Gasteiger partial charge in [-0.15, -0.1) is 11.3 Å². The predicted octanol–water partition coefficient (Wildman–Crippen LogP) is 12.0. The number of thiophene rings is 1. The first kappa shape index (κ1) is 33.0. The Bertz CT molecular complexity index is 2800. The molecule has 5 aromatic carbocycles. The molecular formula is C45H33N5S2. The van der Waals surface area contributed by atoms with Gasteiger partial charge in [-0.3, -0.25) is 4.57 Å². The molecular weight excluding hydrogens is 675 g/mol. The summed E-state index contributed by atoms with van der Waals surface area (Å²) in [7, 11) is 0. The largest absolute Gasteiger partial charge is 0.294 e. The number of thiol groups is 1. The Balaban J connectivity index is 0.00000190. The molecule has 0 saturated heterocycles. The number of benzene rings is 5. The van der Waals surface area contributed by atoms with Crippen LogP contribution in [0.5, 0.6) is 0 Å². The van der Waals surface area contributed by atoms with Gasteiger partial charge < -0.3 is 0 Å². The predicted molar refractivity (Wildman–Crippen MR) is 224 cm³/mol. The van der Waals surface area contributed by atoms with Crippen molar-refractivity contribution in [1.82, 2.24) is 24.5 Å². The minimum absolute atomic E-state index is 0.529. The lowest BCUT2D eigenvalue weighted by Gasteiger charge is -2.14. The quantitative estimate of drug-likeness (QED) is 0.132. The number of nitrogens with zero attached hydrogens (tertiary/aromatic N) is 5. The number of rotatable bonds is 7. The standard InChI is InChI=1S/C44H29N5S.CH4S/c1-3-15-28(4-2)40-45-41(30-18-9-6-10-19-30)47-42(46-40)32-24-31(29-16-7-5-8-17-29)25-33(26-32)49-38-22-13-11-20-34(38)36-27-37-35-21-12-14-23-39(35)50-44(37)48-43(36)49;1-2/h3-27H,1-2H2;2H,1H3/b28-15+;. The van der Waals surface area contributed by atoms with Gasteiger partial charge in [0.1, 0.15) is 10.5 Å². The fourth-order valence-electron chi connectivity index (χ4n) is 6.66. The molecule has 4 heterocycles. The Morgan fingerprint density at radius 2 is 1.23 bits per heavy atom. The second-order valence-electron chi connectivity index (χ2n) is 12.0. The molecule has 250 valence electrons. The number of hydrogen-bond donors (Lipinski definition) is 1. The van der Waals surface area contributed by atoms with Gasteiger partial charge in [-0.25, -0.2) is 19.9 Å². The first-order chi connectivity index (χ1) is 25.7. The van der Waals surface area contributed by atoms with E-state index in [1.54, 1.807) is 29.7 Å². The van der Waals surface area contributed by atoms with Crippen LogP contribution in [0.25, 0.3) is 87.4 Å². The molecule has 0 saturated carbocycles. The van der Waals surface area contributed by atoms with Crippen LogP contribution in [0.15, 0.2) is 165 Å². The highest BCUT2D eigenvalue weighted by Crippen LogP contribution is 2.40. The van der Waals surface area contributed by atoms with Crippen molar-refractivity contribution in [2.75, 3.05) is 6.26 Å². The zero-order valence-electron chi connectivity index (χ0n) is 28.4. The zero-order valence-corrected chi connectivity index (χ0v) is 30.2. The van der Waals surface area contributed by atoms with Crippen molar-refractivity contribution in [3.05, 3.63) is 171 Å². The fraction of sp³-hybridized carbons (Fsp3) is 0.0222. The van der Waals surface area contributed by atoms with E-state index < -0.39 is 0 Å². The van der Waals surface area contributed by atoms with Gasteiger partial charge >= 0.3 is 0 Å². The Hall–Kier alpha value is -6.15.